The fourth-order valence-corrected chi connectivity index (χ4v) is 0.471. The largest absolute Gasteiger partial charge is 0.368 e. The Hall–Kier alpha value is -0.650. The van der Waals surface area contributed by atoms with Crippen molar-refractivity contribution in [3.8, 4) is 0 Å². The van der Waals surface area contributed by atoms with Crippen LogP contribution in [0.4, 0.5) is 0 Å². The Kier molecular flexibility index (Phi) is 3.94. The molecule has 0 aromatic heterocycles. The van der Waals surface area contributed by atoms with Crippen molar-refractivity contribution in [2.45, 2.75) is 25.2 Å². The van der Waals surface area contributed by atoms with E-state index in [1.165, 1.54) is 0 Å². The highest BCUT2D eigenvalue weighted by atomic mass is 16.5. The molecule has 0 aliphatic heterocycles. The lowest BCUT2D eigenvalue weighted by atomic mass is 10.1. The summed E-state index contributed by atoms with van der Waals surface area (Å²) in [6.07, 6.45) is -1.14. The molecular weight excluding hydrogens is 136 g/mol. The quantitative estimate of drug-likeness (QED) is 0.342. The molecule has 0 fully saturated rings. The average molecular weight is 148 g/mol. The fourth-order valence-electron chi connectivity index (χ4n) is 0.471. The summed E-state index contributed by atoms with van der Waals surface area (Å²) in [5.41, 5.74) is 9.96. The zero-order valence-corrected chi connectivity index (χ0v) is 5.53. The number of rotatable bonds is 4. The molecule has 0 bridgehead atoms. The Bertz CT molecular complexity index is 115. The zero-order valence-electron chi connectivity index (χ0n) is 5.53. The second-order valence-corrected chi connectivity index (χ2v) is 2.07. The molecule has 10 heavy (non-hydrogen) atoms. The van der Waals surface area contributed by atoms with Gasteiger partial charge in [-0.25, -0.2) is 0 Å². The molecule has 1 unspecified atom stereocenters. The van der Waals surface area contributed by atoms with E-state index in [-0.39, 0.29) is 12.8 Å². The first kappa shape index (κ1) is 9.35. The van der Waals surface area contributed by atoms with E-state index >= 15 is 0 Å². The second-order valence-electron chi connectivity index (χ2n) is 2.07. The summed E-state index contributed by atoms with van der Waals surface area (Å²) < 4.78 is 0. The van der Waals surface area contributed by atoms with Crippen molar-refractivity contribution in [3.05, 3.63) is 0 Å². The van der Waals surface area contributed by atoms with Gasteiger partial charge in [0.05, 0.1) is 6.04 Å². The monoisotopic (exact) mass is 148 g/mol. The number of hydrogen-bond donors (Lipinski definition) is 4. The number of primary amides is 1. The molecule has 1 atom stereocenters. The molecule has 0 heterocycles. The van der Waals surface area contributed by atoms with Crippen LogP contribution >= 0.6 is 0 Å². The number of aliphatic hydroxyl groups excluding tert-OH is 1. The molecule has 5 heteroatoms. The maximum atomic E-state index is 10.2. The summed E-state index contributed by atoms with van der Waals surface area (Å²) >= 11 is 0. The third-order valence-corrected chi connectivity index (χ3v) is 1.10. The summed E-state index contributed by atoms with van der Waals surface area (Å²) in [7, 11) is 0. The van der Waals surface area contributed by atoms with Crippen molar-refractivity contribution in [1.82, 2.24) is 0 Å². The van der Waals surface area contributed by atoms with Crippen LogP contribution in [0.2, 0.25) is 0 Å². The van der Waals surface area contributed by atoms with Crippen molar-refractivity contribution < 1.29 is 15.0 Å². The number of carbonyl (C=O) groups is 1. The normalized spacial score (nSPS) is 13.6. The van der Waals surface area contributed by atoms with E-state index in [9.17, 15) is 4.79 Å². The van der Waals surface area contributed by atoms with E-state index in [1.54, 1.807) is 0 Å². The number of nitrogens with two attached hydrogens (primary N) is 2. The minimum Gasteiger partial charge on any atom is -0.368 e. The first-order chi connectivity index (χ1) is 4.54. The summed E-state index contributed by atoms with van der Waals surface area (Å²) in [4.78, 5) is 10.2. The van der Waals surface area contributed by atoms with Crippen molar-refractivity contribution in [1.29, 1.82) is 0 Å². The minimum atomic E-state index is -1.41. The van der Waals surface area contributed by atoms with Crippen LogP contribution in [0.5, 0.6) is 0 Å². The van der Waals surface area contributed by atoms with Gasteiger partial charge in [-0.2, -0.15) is 0 Å². The molecule has 0 aromatic rings. The molecule has 0 rings (SSSR count). The van der Waals surface area contributed by atoms with Gasteiger partial charge in [0, 0.05) is 0 Å². The van der Waals surface area contributed by atoms with Crippen LogP contribution in [0.15, 0.2) is 0 Å². The van der Waals surface area contributed by atoms with Gasteiger partial charge < -0.3 is 21.7 Å². The zero-order chi connectivity index (χ0) is 8.15. The van der Waals surface area contributed by atoms with Crippen molar-refractivity contribution >= 4 is 5.91 Å². The standard InChI is InChI=1S/C5H12N2O3/c6-3(5(7)10)1-2-4(8)9/h3-4,8-9H,1-2,6H2,(H2,7,10). The van der Waals surface area contributed by atoms with Crippen LogP contribution in [0.25, 0.3) is 0 Å². The predicted molar refractivity (Wildman–Crippen MR) is 34.6 cm³/mol. The Morgan fingerprint density at radius 1 is 1.40 bits per heavy atom. The van der Waals surface area contributed by atoms with Crippen LogP contribution in [0.3, 0.4) is 0 Å². The van der Waals surface area contributed by atoms with Crippen LogP contribution in [-0.4, -0.2) is 28.5 Å². The Morgan fingerprint density at radius 3 is 2.20 bits per heavy atom. The first-order valence-corrected chi connectivity index (χ1v) is 2.95. The number of hydrogen-bond acceptors (Lipinski definition) is 4. The van der Waals surface area contributed by atoms with Gasteiger partial charge in [-0.05, 0) is 12.8 Å². The Morgan fingerprint density at radius 2 is 1.90 bits per heavy atom. The van der Waals surface area contributed by atoms with Gasteiger partial charge in [-0.1, -0.05) is 0 Å². The van der Waals surface area contributed by atoms with Crippen molar-refractivity contribution in [2.75, 3.05) is 0 Å². The molecule has 0 aliphatic carbocycles. The van der Waals surface area contributed by atoms with Gasteiger partial charge in [0.2, 0.25) is 5.91 Å². The molecule has 0 aromatic carbocycles. The Balaban J connectivity index is 3.40. The van der Waals surface area contributed by atoms with Crippen LogP contribution in [0.1, 0.15) is 12.8 Å². The highest BCUT2D eigenvalue weighted by Crippen LogP contribution is 1.96. The van der Waals surface area contributed by atoms with Crippen molar-refractivity contribution in [3.63, 3.8) is 0 Å². The fraction of sp³-hybridized carbons (Fsp3) is 0.800. The molecule has 0 spiro atoms. The molecule has 5 nitrogen and oxygen atoms in total. The summed E-state index contributed by atoms with van der Waals surface area (Å²) in [6, 6.07) is -0.776. The summed E-state index contributed by atoms with van der Waals surface area (Å²) in [5.74, 6) is -0.624. The van der Waals surface area contributed by atoms with E-state index in [0.29, 0.717) is 0 Å². The van der Waals surface area contributed by atoms with E-state index < -0.39 is 18.2 Å². The lowest BCUT2D eigenvalue weighted by Crippen LogP contribution is -2.36. The topological polar surface area (TPSA) is 110 Å². The smallest absolute Gasteiger partial charge is 0.234 e. The van der Waals surface area contributed by atoms with Gasteiger partial charge in [0.15, 0.2) is 6.29 Å². The number of aliphatic hydroxyl groups is 2. The number of amides is 1. The average Bonchev–Trinajstić information content (AvgIpc) is 1.82. The molecule has 1 amide bonds. The summed E-state index contributed by atoms with van der Waals surface area (Å²) in [6.45, 7) is 0. The van der Waals surface area contributed by atoms with Gasteiger partial charge in [-0.15, -0.1) is 0 Å². The van der Waals surface area contributed by atoms with Gasteiger partial charge in [-0.3, -0.25) is 4.79 Å². The van der Waals surface area contributed by atoms with Crippen LogP contribution in [0, 0.1) is 0 Å². The third kappa shape index (κ3) is 4.25. The predicted octanol–water partition coefficient (Wildman–Crippen LogP) is -2.11. The maximum Gasteiger partial charge on any atom is 0.234 e. The van der Waals surface area contributed by atoms with Gasteiger partial charge in [0.25, 0.3) is 0 Å². The molecule has 0 aliphatic rings. The first-order valence-electron chi connectivity index (χ1n) is 2.95. The van der Waals surface area contributed by atoms with Crippen LogP contribution in [-0.2, 0) is 4.79 Å². The van der Waals surface area contributed by atoms with Gasteiger partial charge in [0.1, 0.15) is 0 Å². The minimum absolute atomic E-state index is 0.0735. The number of carbonyl (C=O) groups excluding carboxylic acids is 1. The molecular formula is C5H12N2O3. The van der Waals surface area contributed by atoms with Crippen molar-refractivity contribution in [2.24, 2.45) is 11.5 Å². The molecule has 60 valence electrons. The highest BCUT2D eigenvalue weighted by Gasteiger charge is 2.09. The lowest BCUT2D eigenvalue weighted by molar-refractivity contribution is -0.119. The van der Waals surface area contributed by atoms with E-state index in [1.807, 2.05) is 0 Å². The third-order valence-electron chi connectivity index (χ3n) is 1.10. The van der Waals surface area contributed by atoms with E-state index in [0.717, 1.165) is 0 Å². The molecule has 0 saturated heterocycles. The highest BCUT2D eigenvalue weighted by molar-refractivity contribution is 5.79. The lowest BCUT2D eigenvalue weighted by Gasteiger charge is -2.07. The molecule has 0 radical (unpaired) electrons. The van der Waals surface area contributed by atoms with Gasteiger partial charge >= 0.3 is 0 Å². The molecule has 6 N–H and O–H groups in total. The van der Waals surface area contributed by atoms with E-state index in [4.69, 9.17) is 21.7 Å². The maximum absolute atomic E-state index is 10.2. The van der Waals surface area contributed by atoms with E-state index in [2.05, 4.69) is 0 Å². The molecule has 0 saturated carbocycles. The van der Waals surface area contributed by atoms with Crippen LogP contribution < -0.4 is 11.5 Å². The SMILES string of the molecule is NC(=O)C(N)CCC(O)O. The summed E-state index contributed by atoms with van der Waals surface area (Å²) in [5, 5.41) is 16.7. The Labute approximate surface area is 58.6 Å². The second kappa shape index (κ2) is 4.21.